The minimum absolute atomic E-state index is 0.0195. The minimum atomic E-state index is -0.462. The number of amides is 1. The molecule has 0 bridgehead atoms. The van der Waals surface area contributed by atoms with Gasteiger partial charge in [-0.15, -0.1) is 0 Å². The van der Waals surface area contributed by atoms with Crippen LogP contribution < -0.4 is 0 Å². The highest BCUT2D eigenvalue weighted by Crippen LogP contribution is 2.11. The number of hydrogen-bond donors (Lipinski definition) is 0. The van der Waals surface area contributed by atoms with Crippen LogP contribution in [-0.2, 0) is 19.0 Å². The first-order valence-electron chi connectivity index (χ1n) is 7.16. The zero-order chi connectivity index (χ0) is 15.9. The molecule has 0 atom stereocenters. The molecule has 1 saturated heterocycles. The van der Waals surface area contributed by atoms with Crippen LogP contribution in [0.15, 0.2) is 0 Å². The molecule has 1 amide bonds. The van der Waals surface area contributed by atoms with Gasteiger partial charge in [0, 0.05) is 32.7 Å². The molecule has 1 fully saturated rings. The number of hydrogen-bond acceptors (Lipinski definition) is 6. The fraction of sp³-hybridized carbons (Fsp3) is 0.857. The van der Waals surface area contributed by atoms with Crippen molar-refractivity contribution in [1.29, 1.82) is 0 Å². The van der Waals surface area contributed by atoms with E-state index >= 15 is 0 Å². The Hall–Kier alpha value is -1.34. The van der Waals surface area contributed by atoms with Gasteiger partial charge in [-0.25, -0.2) is 9.59 Å². The lowest BCUT2D eigenvalue weighted by Gasteiger charge is -2.35. The largest absolute Gasteiger partial charge is 0.467 e. The SMILES string of the molecule is COC(=O)COCCN1CCN(C(=O)OC(C)(C)C)CC1. The van der Waals surface area contributed by atoms with Crippen molar-refractivity contribution in [3.8, 4) is 0 Å². The average Bonchev–Trinajstić information content (AvgIpc) is 2.42. The molecule has 0 radical (unpaired) electrons. The van der Waals surface area contributed by atoms with Crippen molar-refractivity contribution in [1.82, 2.24) is 9.80 Å². The lowest BCUT2D eigenvalue weighted by Crippen LogP contribution is -2.50. The molecule has 0 saturated carbocycles. The van der Waals surface area contributed by atoms with Gasteiger partial charge in [-0.3, -0.25) is 4.90 Å². The first-order valence-corrected chi connectivity index (χ1v) is 7.16. The summed E-state index contributed by atoms with van der Waals surface area (Å²) in [6.07, 6.45) is -0.260. The van der Waals surface area contributed by atoms with Gasteiger partial charge in [-0.2, -0.15) is 0 Å². The molecule has 1 heterocycles. The lowest BCUT2D eigenvalue weighted by molar-refractivity contribution is -0.146. The summed E-state index contributed by atoms with van der Waals surface area (Å²) in [5.74, 6) is -0.371. The van der Waals surface area contributed by atoms with Gasteiger partial charge in [0.1, 0.15) is 12.2 Å². The number of carbonyl (C=O) groups is 2. The third-order valence-electron chi connectivity index (χ3n) is 3.02. The lowest BCUT2D eigenvalue weighted by atomic mass is 10.2. The maximum absolute atomic E-state index is 11.9. The molecule has 0 unspecified atom stereocenters. The summed E-state index contributed by atoms with van der Waals surface area (Å²) in [5.41, 5.74) is -0.462. The van der Waals surface area contributed by atoms with Crippen LogP contribution in [0, 0.1) is 0 Å². The summed E-state index contributed by atoms with van der Waals surface area (Å²) < 4.78 is 15.0. The zero-order valence-corrected chi connectivity index (χ0v) is 13.4. The summed E-state index contributed by atoms with van der Waals surface area (Å²) in [7, 11) is 1.33. The number of carbonyl (C=O) groups excluding carboxylic acids is 2. The molecule has 0 aliphatic carbocycles. The molecular formula is C14H26N2O5. The third kappa shape index (κ3) is 7.29. The van der Waals surface area contributed by atoms with E-state index in [1.165, 1.54) is 7.11 Å². The van der Waals surface area contributed by atoms with E-state index in [1.807, 2.05) is 20.8 Å². The van der Waals surface area contributed by atoms with Gasteiger partial charge >= 0.3 is 12.1 Å². The minimum Gasteiger partial charge on any atom is -0.467 e. The molecule has 1 aliphatic heterocycles. The molecule has 7 heteroatoms. The monoisotopic (exact) mass is 302 g/mol. The Morgan fingerprint density at radius 3 is 2.24 bits per heavy atom. The third-order valence-corrected chi connectivity index (χ3v) is 3.02. The van der Waals surface area contributed by atoms with Crippen LogP contribution in [-0.4, -0.2) is 80.5 Å². The van der Waals surface area contributed by atoms with E-state index in [4.69, 9.17) is 9.47 Å². The van der Waals surface area contributed by atoms with E-state index < -0.39 is 5.60 Å². The molecule has 1 rings (SSSR count). The Bertz CT molecular complexity index is 346. The number of nitrogens with zero attached hydrogens (tertiary/aromatic N) is 2. The van der Waals surface area contributed by atoms with Crippen molar-refractivity contribution in [2.45, 2.75) is 26.4 Å². The van der Waals surface area contributed by atoms with Crippen LogP contribution in [0.3, 0.4) is 0 Å². The topological polar surface area (TPSA) is 68.3 Å². The van der Waals surface area contributed by atoms with Crippen LogP contribution in [0.1, 0.15) is 20.8 Å². The van der Waals surface area contributed by atoms with Crippen LogP contribution in [0.25, 0.3) is 0 Å². The molecule has 0 aromatic carbocycles. The van der Waals surface area contributed by atoms with E-state index in [1.54, 1.807) is 4.90 Å². The van der Waals surface area contributed by atoms with Gasteiger partial charge in [0.2, 0.25) is 0 Å². The van der Waals surface area contributed by atoms with Crippen molar-refractivity contribution in [2.24, 2.45) is 0 Å². The van der Waals surface area contributed by atoms with Gasteiger partial charge in [-0.1, -0.05) is 0 Å². The first kappa shape index (κ1) is 17.7. The highest BCUT2D eigenvalue weighted by atomic mass is 16.6. The number of rotatable bonds is 5. The summed E-state index contributed by atoms with van der Waals surface area (Å²) in [6, 6.07) is 0. The maximum atomic E-state index is 11.9. The Labute approximate surface area is 126 Å². The smallest absolute Gasteiger partial charge is 0.410 e. The number of methoxy groups -OCH3 is 1. The molecular weight excluding hydrogens is 276 g/mol. The van der Waals surface area contributed by atoms with Gasteiger partial charge in [0.05, 0.1) is 13.7 Å². The van der Waals surface area contributed by atoms with E-state index in [2.05, 4.69) is 9.64 Å². The average molecular weight is 302 g/mol. The predicted molar refractivity (Wildman–Crippen MR) is 77.1 cm³/mol. The maximum Gasteiger partial charge on any atom is 0.410 e. The second kappa shape index (κ2) is 8.19. The Morgan fingerprint density at radius 1 is 1.10 bits per heavy atom. The summed E-state index contributed by atoms with van der Waals surface area (Å²) in [6.45, 7) is 9.62. The molecule has 7 nitrogen and oxygen atoms in total. The van der Waals surface area contributed by atoms with Gasteiger partial charge in [0.25, 0.3) is 0 Å². The van der Waals surface area contributed by atoms with Crippen molar-refractivity contribution in [3.05, 3.63) is 0 Å². The van der Waals surface area contributed by atoms with Crippen LogP contribution in [0.5, 0.6) is 0 Å². The zero-order valence-electron chi connectivity index (χ0n) is 13.4. The molecule has 0 aromatic rings. The standard InChI is InChI=1S/C14H26N2O5/c1-14(2,3)21-13(18)16-7-5-15(6-8-16)9-10-20-11-12(17)19-4/h5-11H2,1-4H3. The van der Waals surface area contributed by atoms with Crippen molar-refractivity contribution < 1.29 is 23.8 Å². The number of piperazine rings is 1. The fourth-order valence-electron chi connectivity index (χ4n) is 1.89. The van der Waals surface area contributed by atoms with Gasteiger partial charge in [0.15, 0.2) is 0 Å². The normalized spacial score (nSPS) is 16.7. The predicted octanol–water partition coefficient (Wildman–Crippen LogP) is 0.729. The quantitative estimate of drug-likeness (QED) is 0.551. The van der Waals surface area contributed by atoms with Crippen LogP contribution in [0.4, 0.5) is 4.79 Å². The Balaban J connectivity index is 2.17. The fourth-order valence-corrected chi connectivity index (χ4v) is 1.89. The second-order valence-corrected chi connectivity index (χ2v) is 5.94. The first-order chi connectivity index (χ1) is 9.81. The molecule has 122 valence electrons. The molecule has 1 aliphatic rings. The highest BCUT2D eigenvalue weighted by molar-refractivity contribution is 5.70. The summed E-state index contributed by atoms with van der Waals surface area (Å²) >= 11 is 0. The van der Waals surface area contributed by atoms with Gasteiger partial charge in [-0.05, 0) is 20.8 Å². The second-order valence-electron chi connectivity index (χ2n) is 5.94. The molecule has 0 aromatic heterocycles. The van der Waals surface area contributed by atoms with E-state index in [9.17, 15) is 9.59 Å². The number of ether oxygens (including phenoxy) is 3. The van der Waals surface area contributed by atoms with Crippen LogP contribution >= 0.6 is 0 Å². The van der Waals surface area contributed by atoms with Crippen LogP contribution in [0.2, 0.25) is 0 Å². The molecule has 21 heavy (non-hydrogen) atoms. The molecule has 0 spiro atoms. The Kier molecular flexibility index (Phi) is 6.91. The van der Waals surface area contributed by atoms with Crippen molar-refractivity contribution in [2.75, 3.05) is 53.0 Å². The summed E-state index contributed by atoms with van der Waals surface area (Å²) in [5, 5.41) is 0. The number of esters is 1. The van der Waals surface area contributed by atoms with Crippen molar-refractivity contribution >= 4 is 12.1 Å². The summed E-state index contributed by atoms with van der Waals surface area (Å²) in [4.78, 5) is 26.7. The van der Waals surface area contributed by atoms with Gasteiger partial charge < -0.3 is 19.1 Å². The van der Waals surface area contributed by atoms with E-state index in [-0.39, 0.29) is 18.7 Å². The Morgan fingerprint density at radius 2 is 1.71 bits per heavy atom. The highest BCUT2D eigenvalue weighted by Gasteiger charge is 2.25. The molecule has 0 N–H and O–H groups in total. The van der Waals surface area contributed by atoms with E-state index in [0.29, 0.717) is 19.7 Å². The van der Waals surface area contributed by atoms with E-state index in [0.717, 1.165) is 19.6 Å². The van der Waals surface area contributed by atoms with Crippen molar-refractivity contribution in [3.63, 3.8) is 0 Å².